The zero-order valence-corrected chi connectivity index (χ0v) is 8.89. The molecule has 0 bridgehead atoms. The first-order valence-electron chi connectivity index (χ1n) is 4.42. The smallest absolute Gasteiger partial charge is 0.186 e. The van der Waals surface area contributed by atoms with Crippen LogP contribution in [0.3, 0.4) is 0 Å². The molecule has 1 N–H and O–H groups in total. The highest BCUT2D eigenvalue weighted by molar-refractivity contribution is 7.14. The molecule has 0 aromatic carbocycles. The molecule has 0 aliphatic heterocycles. The van der Waals surface area contributed by atoms with Crippen molar-refractivity contribution in [2.75, 3.05) is 11.9 Å². The second kappa shape index (κ2) is 3.79. The first-order valence-corrected chi connectivity index (χ1v) is 5.30. The molecule has 0 atom stereocenters. The SMILES string of the molecule is CCNc1nc(-c2cc(C)no2)cs1. The monoisotopic (exact) mass is 209 g/mol. The summed E-state index contributed by atoms with van der Waals surface area (Å²) in [7, 11) is 0. The first kappa shape index (κ1) is 9.21. The van der Waals surface area contributed by atoms with E-state index in [2.05, 4.69) is 15.5 Å². The fourth-order valence-corrected chi connectivity index (χ4v) is 1.87. The van der Waals surface area contributed by atoms with E-state index in [4.69, 9.17) is 4.52 Å². The summed E-state index contributed by atoms with van der Waals surface area (Å²) in [5, 5.41) is 9.84. The van der Waals surface area contributed by atoms with Crippen LogP contribution in [0.5, 0.6) is 0 Å². The van der Waals surface area contributed by atoms with E-state index < -0.39 is 0 Å². The molecule has 0 spiro atoms. The summed E-state index contributed by atoms with van der Waals surface area (Å²) in [6.07, 6.45) is 0. The average molecular weight is 209 g/mol. The van der Waals surface area contributed by atoms with Crippen molar-refractivity contribution in [2.45, 2.75) is 13.8 Å². The minimum absolute atomic E-state index is 0.725. The summed E-state index contributed by atoms with van der Waals surface area (Å²) >= 11 is 1.57. The molecule has 0 fully saturated rings. The molecule has 2 aromatic heterocycles. The van der Waals surface area contributed by atoms with E-state index in [1.54, 1.807) is 11.3 Å². The predicted octanol–water partition coefficient (Wildman–Crippen LogP) is 2.54. The van der Waals surface area contributed by atoms with Crippen molar-refractivity contribution in [3.8, 4) is 11.5 Å². The molecule has 0 saturated heterocycles. The number of nitrogens with zero attached hydrogens (tertiary/aromatic N) is 2. The van der Waals surface area contributed by atoms with Gasteiger partial charge in [-0.1, -0.05) is 5.16 Å². The lowest BCUT2D eigenvalue weighted by Gasteiger charge is -1.93. The number of rotatable bonds is 3. The predicted molar refractivity (Wildman–Crippen MR) is 56.5 cm³/mol. The van der Waals surface area contributed by atoms with Gasteiger partial charge >= 0.3 is 0 Å². The average Bonchev–Trinajstić information content (AvgIpc) is 2.74. The van der Waals surface area contributed by atoms with E-state index in [1.165, 1.54) is 0 Å². The lowest BCUT2D eigenvalue weighted by molar-refractivity contribution is 0.426. The standard InChI is InChI=1S/C9H11N3OS/c1-3-10-9-11-7(5-14-9)8-4-6(2)12-13-8/h4-5H,3H2,1-2H3,(H,10,11). The molecule has 0 aliphatic rings. The topological polar surface area (TPSA) is 51.0 Å². The quantitative estimate of drug-likeness (QED) is 0.844. The van der Waals surface area contributed by atoms with Crippen LogP contribution in [0.25, 0.3) is 11.5 Å². The van der Waals surface area contributed by atoms with Gasteiger partial charge in [0.1, 0.15) is 5.69 Å². The summed E-state index contributed by atoms with van der Waals surface area (Å²) in [6.45, 7) is 4.81. The van der Waals surface area contributed by atoms with Crippen LogP contribution in [0.4, 0.5) is 5.13 Å². The van der Waals surface area contributed by atoms with Crippen molar-refractivity contribution in [2.24, 2.45) is 0 Å². The van der Waals surface area contributed by atoms with Crippen LogP contribution in [0.2, 0.25) is 0 Å². The highest BCUT2D eigenvalue weighted by Crippen LogP contribution is 2.24. The molecule has 4 nitrogen and oxygen atoms in total. The van der Waals surface area contributed by atoms with Gasteiger partial charge < -0.3 is 9.84 Å². The van der Waals surface area contributed by atoms with Crippen LogP contribution in [0.1, 0.15) is 12.6 Å². The highest BCUT2D eigenvalue weighted by atomic mass is 32.1. The zero-order valence-electron chi connectivity index (χ0n) is 8.07. The molecule has 74 valence electrons. The minimum Gasteiger partial charge on any atom is -0.362 e. The van der Waals surface area contributed by atoms with Crippen LogP contribution in [-0.4, -0.2) is 16.7 Å². The van der Waals surface area contributed by atoms with Crippen LogP contribution in [0.15, 0.2) is 16.0 Å². The van der Waals surface area contributed by atoms with Crippen molar-refractivity contribution in [3.05, 3.63) is 17.1 Å². The second-order valence-corrected chi connectivity index (χ2v) is 3.76. The molecule has 2 aromatic rings. The summed E-state index contributed by atoms with van der Waals surface area (Å²) < 4.78 is 5.11. The van der Waals surface area contributed by atoms with Crippen LogP contribution in [-0.2, 0) is 0 Å². The second-order valence-electron chi connectivity index (χ2n) is 2.90. The van der Waals surface area contributed by atoms with Gasteiger partial charge in [0.15, 0.2) is 10.9 Å². The van der Waals surface area contributed by atoms with Crippen molar-refractivity contribution < 1.29 is 4.52 Å². The van der Waals surface area contributed by atoms with Crippen molar-refractivity contribution in [1.29, 1.82) is 0 Å². The van der Waals surface area contributed by atoms with Gasteiger partial charge in [-0.05, 0) is 13.8 Å². The highest BCUT2D eigenvalue weighted by Gasteiger charge is 2.08. The van der Waals surface area contributed by atoms with E-state index in [1.807, 2.05) is 25.3 Å². The summed E-state index contributed by atoms with van der Waals surface area (Å²) in [6, 6.07) is 1.88. The number of hydrogen-bond donors (Lipinski definition) is 1. The molecule has 0 amide bonds. The van der Waals surface area contributed by atoms with Gasteiger partial charge in [-0.3, -0.25) is 0 Å². The van der Waals surface area contributed by atoms with Gasteiger partial charge in [0.2, 0.25) is 0 Å². The van der Waals surface area contributed by atoms with E-state index in [0.717, 1.165) is 28.8 Å². The lowest BCUT2D eigenvalue weighted by atomic mass is 10.3. The minimum atomic E-state index is 0.725. The number of nitrogens with one attached hydrogen (secondary N) is 1. The Hall–Kier alpha value is -1.36. The van der Waals surface area contributed by atoms with Gasteiger partial charge in [0.05, 0.1) is 5.69 Å². The Morgan fingerprint density at radius 3 is 3.07 bits per heavy atom. The Morgan fingerprint density at radius 2 is 2.43 bits per heavy atom. The van der Waals surface area contributed by atoms with E-state index in [9.17, 15) is 0 Å². The fourth-order valence-electron chi connectivity index (χ4n) is 1.10. The zero-order chi connectivity index (χ0) is 9.97. The Kier molecular flexibility index (Phi) is 2.49. The number of hydrogen-bond acceptors (Lipinski definition) is 5. The van der Waals surface area contributed by atoms with Crippen molar-refractivity contribution >= 4 is 16.5 Å². The number of thiazole rings is 1. The third-order valence-corrected chi connectivity index (χ3v) is 2.51. The van der Waals surface area contributed by atoms with E-state index in [0.29, 0.717) is 0 Å². The summed E-state index contributed by atoms with van der Waals surface area (Å²) in [5.74, 6) is 0.725. The van der Waals surface area contributed by atoms with Gasteiger partial charge in [-0.15, -0.1) is 11.3 Å². The maximum Gasteiger partial charge on any atom is 0.186 e. The Labute approximate surface area is 86.0 Å². The summed E-state index contributed by atoms with van der Waals surface area (Å²) in [4.78, 5) is 4.36. The van der Waals surface area contributed by atoms with Gasteiger partial charge in [0.25, 0.3) is 0 Å². The van der Waals surface area contributed by atoms with Crippen molar-refractivity contribution in [3.63, 3.8) is 0 Å². The van der Waals surface area contributed by atoms with Crippen LogP contribution >= 0.6 is 11.3 Å². The Balaban J connectivity index is 2.24. The number of aromatic nitrogens is 2. The van der Waals surface area contributed by atoms with Gasteiger partial charge in [-0.2, -0.15) is 0 Å². The maximum atomic E-state index is 5.11. The first-order chi connectivity index (χ1) is 6.79. The fraction of sp³-hybridized carbons (Fsp3) is 0.333. The van der Waals surface area contributed by atoms with Crippen molar-refractivity contribution in [1.82, 2.24) is 10.1 Å². The number of aryl methyl sites for hydroxylation is 1. The number of anilines is 1. The molecule has 0 saturated carbocycles. The molecule has 14 heavy (non-hydrogen) atoms. The van der Waals surface area contributed by atoms with Gasteiger partial charge in [-0.25, -0.2) is 4.98 Å². The third kappa shape index (κ3) is 1.77. The third-order valence-electron chi connectivity index (χ3n) is 1.71. The maximum absolute atomic E-state index is 5.11. The van der Waals surface area contributed by atoms with E-state index >= 15 is 0 Å². The normalized spacial score (nSPS) is 10.4. The molecular weight excluding hydrogens is 198 g/mol. The Bertz CT molecular complexity index is 421. The molecule has 5 heteroatoms. The molecule has 2 rings (SSSR count). The van der Waals surface area contributed by atoms with E-state index in [-0.39, 0.29) is 0 Å². The molecule has 0 radical (unpaired) electrons. The van der Waals surface area contributed by atoms with Gasteiger partial charge in [0, 0.05) is 18.0 Å². The van der Waals surface area contributed by atoms with Crippen LogP contribution < -0.4 is 5.32 Å². The molecule has 0 aliphatic carbocycles. The molecule has 2 heterocycles. The lowest BCUT2D eigenvalue weighted by Crippen LogP contribution is -1.94. The summed E-state index contributed by atoms with van der Waals surface area (Å²) in [5.41, 5.74) is 1.71. The molecular formula is C9H11N3OS. The Morgan fingerprint density at radius 1 is 1.57 bits per heavy atom. The molecule has 0 unspecified atom stereocenters. The largest absolute Gasteiger partial charge is 0.362 e. The van der Waals surface area contributed by atoms with Crippen LogP contribution in [0, 0.1) is 6.92 Å².